The van der Waals surface area contributed by atoms with Crippen LogP contribution in [-0.4, -0.2) is 35.4 Å². The van der Waals surface area contributed by atoms with Crippen LogP contribution in [0, 0.1) is 0 Å². The van der Waals surface area contributed by atoms with Crippen molar-refractivity contribution in [1.29, 1.82) is 0 Å². The zero-order valence-corrected chi connectivity index (χ0v) is 18.0. The first-order chi connectivity index (χ1) is 15.3. The van der Waals surface area contributed by atoms with Gasteiger partial charge in [-0.1, -0.05) is 74.0 Å². The van der Waals surface area contributed by atoms with E-state index in [2.05, 4.69) is 70.0 Å². The van der Waals surface area contributed by atoms with Crippen molar-refractivity contribution in [2.24, 2.45) is 0 Å². The molecule has 7 nitrogen and oxygen atoms in total. The number of unbranched alkanes of at least 4 members (excludes halogenated alkanes) is 1. The van der Waals surface area contributed by atoms with Gasteiger partial charge in [0.15, 0.2) is 11.6 Å². The molecule has 0 unspecified atom stereocenters. The van der Waals surface area contributed by atoms with Crippen LogP contribution in [0.3, 0.4) is 0 Å². The number of nitrogens with one attached hydrogen (secondary N) is 1. The van der Waals surface area contributed by atoms with Crippen LogP contribution in [0.15, 0.2) is 60.7 Å². The highest BCUT2D eigenvalue weighted by molar-refractivity contribution is 5.80. The molecule has 0 saturated heterocycles. The average molecular weight is 414 g/mol. The third-order valence-corrected chi connectivity index (χ3v) is 5.21. The fraction of sp³-hybridized carbons (Fsp3) is 0.292. The Hall–Kier alpha value is -3.61. The molecule has 0 saturated carbocycles. The molecule has 158 valence electrons. The number of aryl methyl sites for hydroxylation is 1. The van der Waals surface area contributed by atoms with Crippen molar-refractivity contribution in [3.63, 3.8) is 0 Å². The summed E-state index contributed by atoms with van der Waals surface area (Å²) < 4.78 is 2.04. The zero-order valence-electron chi connectivity index (χ0n) is 18.0. The highest BCUT2D eigenvalue weighted by Gasteiger charge is 2.12. The number of tetrazole rings is 1. The third-order valence-electron chi connectivity index (χ3n) is 5.21. The Morgan fingerprint density at radius 3 is 2.55 bits per heavy atom. The first-order valence-corrected chi connectivity index (χ1v) is 10.7. The lowest BCUT2D eigenvalue weighted by Gasteiger charge is -2.09. The Morgan fingerprint density at radius 2 is 1.84 bits per heavy atom. The molecule has 2 aromatic carbocycles. The van der Waals surface area contributed by atoms with Crippen LogP contribution in [-0.2, 0) is 19.4 Å². The monoisotopic (exact) mass is 413 g/mol. The minimum Gasteiger partial charge on any atom is -0.245 e. The van der Waals surface area contributed by atoms with Crippen molar-refractivity contribution in [3.8, 4) is 22.5 Å². The van der Waals surface area contributed by atoms with Gasteiger partial charge in [-0.2, -0.15) is 5.10 Å². The molecule has 0 atom stereocenters. The van der Waals surface area contributed by atoms with Crippen molar-refractivity contribution >= 4 is 0 Å². The molecule has 7 heteroatoms. The molecule has 0 spiro atoms. The largest absolute Gasteiger partial charge is 0.245 e. The second-order valence-corrected chi connectivity index (χ2v) is 7.47. The topological polar surface area (TPSA) is 85.2 Å². The van der Waals surface area contributed by atoms with Gasteiger partial charge in [-0.05, 0) is 40.5 Å². The molecule has 1 N–H and O–H groups in total. The van der Waals surface area contributed by atoms with E-state index in [1.807, 2.05) is 29.8 Å². The number of allylic oxidation sites excluding steroid dienone is 2. The van der Waals surface area contributed by atoms with Crippen LogP contribution in [0.5, 0.6) is 0 Å². The summed E-state index contributed by atoms with van der Waals surface area (Å²) in [6, 6.07) is 16.7. The minimum absolute atomic E-state index is 0.663. The first-order valence-electron chi connectivity index (χ1n) is 10.7. The highest BCUT2D eigenvalue weighted by Crippen LogP contribution is 2.29. The molecule has 4 rings (SSSR count). The van der Waals surface area contributed by atoms with Gasteiger partial charge in [-0.3, -0.25) is 0 Å². The molecule has 0 fully saturated rings. The Labute approximate surface area is 182 Å². The molecule has 0 radical (unpaired) electrons. The summed E-state index contributed by atoms with van der Waals surface area (Å²) in [5, 5.41) is 19.1. The molecule has 31 heavy (non-hydrogen) atoms. The molecule has 0 bridgehead atoms. The van der Waals surface area contributed by atoms with Crippen molar-refractivity contribution in [2.45, 2.75) is 46.1 Å². The van der Waals surface area contributed by atoms with E-state index in [1.54, 1.807) is 0 Å². The number of H-pyrrole nitrogens is 1. The van der Waals surface area contributed by atoms with Crippen LogP contribution in [0.25, 0.3) is 22.5 Å². The lowest BCUT2D eigenvalue weighted by Crippen LogP contribution is -2.06. The van der Waals surface area contributed by atoms with Crippen LogP contribution < -0.4 is 0 Å². The average Bonchev–Trinajstić information content (AvgIpc) is 3.47. The van der Waals surface area contributed by atoms with E-state index in [4.69, 9.17) is 10.1 Å². The maximum absolute atomic E-state index is 4.77. The quantitative estimate of drug-likeness (QED) is 0.404. The van der Waals surface area contributed by atoms with Crippen LogP contribution in [0.2, 0.25) is 0 Å². The molecular formula is C24H27N7. The van der Waals surface area contributed by atoms with Gasteiger partial charge in [-0.15, -0.1) is 5.10 Å². The van der Waals surface area contributed by atoms with E-state index in [1.165, 1.54) is 5.56 Å². The fourth-order valence-electron chi connectivity index (χ4n) is 3.55. The second kappa shape index (κ2) is 9.93. The molecule has 0 amide bonds. The van der Waals surface area contributed by atoms with Gasteiger partial charge < -0.3 is 0 Å². The van der Waals surface area contributed by atoms with Gasteiger partial charge in [0, 0.05) is 18.4 Å². The van der Waals surface area contributed by atoms with E-state index in [0.717, 1.165) is 54.0 Å². The molecule has 0 aliphatic rings. The number of rotatable bonds is 9. The summed E-state index contributed by atoms with van der Waals surface area (Å²) in [5.74, 6) is 2.61. The van der Waals surface area contributed by atoms with Crippen molar-refractivity contribution in [3.05, 3.63) is 77.9 Å². The third kappa shape index (κ3) is 4.94. The van der Waals surface area contributed by atoms with Gasteiger partial charge in [-0.25, -0.2) is 14.8 Å². The molecule has 0 aliphatic heterocycles. The SMILES string of the molecule is C/C=C/Cc1nc(CCCC)nn1Cc1ccc(-c2ccccc2-c2nnn[nH]2)cc1. The first kappa shape index (κ1) is 20.7. The lowest BCUT2D eigenvalue weighted by molar-refractivity contribution is 0.637. The van der Waals surface area contributed by atoms with Crippen LogP contribution in [0.1, 0.15) is 43.9 Å². The molecule has 4 aromatic rings. The predicted molar refractivity (Wildman–Crippen MR) is 121 cm³/mol. The number of benzene rings is 2. The van der Waals surface area contributed by atoms with E-state index < -0.39 is 0 Å². The molecule has 2 aromatic heterocycles. The normalized spacial score (nSPS) is 11.4. The number of aromatic nitrogens is 7. The van der Waals surface area contributed by atoms with Crippen molar-refractivity contribution in [1.82, 2.24) is 35.4 Å². The van der Waals surface area contributed by atoms with Gasteiger partial charge >= 0.3 is 0 Å². The standard InChI is InChI=1S/C24H27N7/c1-3-5-11-22-25-23(12-6-4-2)31(28-22)17-18-13-15-19(16-14-18)20-9-7-8-10-21(20)24-26-29-30-27-24/h4,6-10,13-16H,3,5,11-12,17H2,1-2H3,(H,26,27,29,30)/b6-4+. The molecule has 0 aliphatic carbocycles. The second-order valence-electron chi connectivity index (χ2n) is 7.47. The van der Waals surface area contributed by atoms with E-state index in [9.17, 15) is 0 Å². The highest BCUT2D eigenvalue weighted by atomic mass is 15.5. The minimum atomic E-state index is 0.663. The summed E-state index contributed by atoms with van der Waals surface area (Å²) in [4.78, 5) is 4.76. The van der Waals surface area contributed by atoms with E-state index >= 15 is 0 Å². The zero-order chi connectivity index (χ0) is 21.5. The summed E-state index contributed by atoms with van der Waals surface area (Å²) in [5.41, 5.74) is 4.37. The van der Waals surface area contributed by atoms with Crippen molar-refractivity contribution < 1.29 is 0 Å². The summed E-state index contributed by atoms with van der Waals surface area (Å²) >= 11 is 0. The fourth-order valence-corrected chi connectivity index (χ4v) is 3.55. The van der Waals surface area contributed by atoms with Gasteiger partial charge in [0.1, 0.15) is 5.82 Å². The lowest BCUT2D eigenvalue weighted by atomic mass is 9.98. The number of nitrogens with zero attached hydrogens (tertiary/aromatic N) is 6. The Balaban J connectivity index is 1.57. The number of hydrogen-bond donors (Lipinski definition) is 1. The Morgan fingerprint density at radius 1 is 1.03 bits per heavy atom. The molecule has 2 heterocycles. The van der Waals surface area contributed by atoms with Gasteiger partial charge in [0.2, 0.25) is 0 Å². The van der Waals surface area contributed by atoms with Crippen molar-refractivity contribution in [2.75, 3.05) is 0 Å². The maximum atomic E-state index is 4.77. The van der Waals surface area contributed by atoms with E-state index in [0.29, 0.717) is 12.4 Å². The Kier molecular flexibility index (Phi) is 6.62. The summed E-state index contributed by atoms with van der Waals surface area (Å²) in [6.07, 6.45) is 8.17. The van der Waals surface area contributed by atoms with Gasteiger partial charge in [0.05, 0.1) is 6.54 Å². The van der Waals surface area contributed by atoms with Crippen LogP contribution in [0.4, 0.5) is 0 Å². The van der Waals surface area contributed by atoms with Crippen LogP contribution >= 0.6 is 0 Å². The summed E-state index contributed by atoms with van der Waals surface area (Å²) in [6.45, 7) is 4.93. The smallest absolute Gasteiger partial charge is 0.180 e. The molecular weight excluding hydrogens is 386 g/mol. The van der Waals surface area contributed by atoms with E-state index in [-0.39, 0.29) is 0 Å². The maximum Gasteiger partial charge on any atom is 0.180 e. The predicted octanol–water partition coefficient (Wildman–Crippen LogP) is 4.63. The Bertz CT molecular complexity index is 1130. The summed E-state index contributed by atoms with van der Waals surface area (Å²) in [7, 11) is 0. The number of aromatic amines is 1. The van der Waals surface area contributed by atoms with Gasteiger partial charge in [0.25, 0.3) is 0 Å². The number of hydrogen-bond acceptors (Lipinski definition) is 5.